The second kappa shape index (κ2) is 11.8. The number of H-pyrrole nitrogens is 1. The lowest BCUT2D eigenvalue weighted by atomic mass is 10.0. The Hall–Kier alpha value is -5.32. The van der Waals surface area contributed by atoms with Gasteiger partial charge in [0.2, 0.25) is 5.76 Å². The number of carbonyl (C=O) groups excluding carboxylic acids is 2. The van der Waals surface area contributed by atoms with Crippen molar-refractivity contribution in [3.8, 4) is 0 Å². The minimum Gasteiger partial charge on any atom is -0.456 e. The molecular formula is C33H30F3N5O3. The van der Waals surface area contributed by atoms with E-state index in [4.69, 9.17) is 10.2 Å². The number of nitrogens with one attached hydrogen (secondary N) is 3. The zero-order valence-corrected chi connectivity index (χ0v) is 24.4. The van der Waals surface area contributed by atoms with Gasteiger partial charge in [-0.15, -0.1) is 0 Å². The van der Waals surface area contributed by atoms with Gasteiger partial charge in [-0.05, 0) is 75.2 Å². The fraction of sp³-hybridized carbons (Fsp3) is 0.182. The van der Waals surface area contributed by atoms with Crippen LogP contribution in [0.5, 0.6) is 0 Å². The highest BCUT2D eigenvalue weighted by molar-refractivity contribution is 6.35. The molecule has 4 aromatic rings. The zero-order valence-electron chi connectivity index (χ0n) is 24.4. The van der Waals surface area contributed by atoms with Gasteiger partial charge in [-0.1, -0.05) is 25.1 Å². The molecule has 2 aromatic carbocycles. The van der Waals surface area contributed by atoms with Gasteiger partial charge in [0.25, 0.3) is 5.91 Å². The monoisotopic (exact) mass is 601 g/mol. The lowest BCUT2D eigenvalue weighted by molar-refractivity contribution is -0.153. The molecule has 5 rings (SSSR count). The Morgan fingerprint density at radius 3 is 2.50 bits per heavy atom. The summed E-state index contributed by atoms with van der Waals surface area (Å²) in [5.41, 5.74) is 12.1. The number of aliphatic imine (C=N–C) groups is 1. The van der Waals surface area contributed by atoms with Gasteiger partial charge in [0.05, 0.1) is 22.5 Å². The molecule has 0 saturated heterocycles. The number of amidine groups is 1. The van der Waals surface area contributed by atoms with E-state index in [1.165, 1.54) is 19.9 Å². The maximum atomic E-state index is 13.6. The molecule has 1 aliphatic rings. The predicted molar refractivity (Wildman–Crippen MR) is 166 cm³/mol. The summed E-state index contributed by atoms with van der Waals surface area (Å²) in [6, 6.07) is 15.7. The van der Waals surface area contributed by atoms with Crippen molar-refractivity contribution in [2.75, 3.05) is 10.6 Å². The van der Waals surface area contributed by atoms with Crippen molar-refractivity contribution in [1.29, 1.82) is 0 Å². The summed E-state index contributed by atoms with van der Waals surface area (Å²) in [6.07, 6.45) is -0.823. The van der Waals surface area contributed by atoms with Gasteiger partial charge in [-0.2, -0.15) is 13.2 Å². The summed E-state index contributed by atoms with van der Waals surface area (Å²) in [4.78, 5) is 31.8. The number of benzene rings is 2. The number of fused-ring (bicyclic) bond motifs is 1. The smallest absolute Gasteiger partial charge is 0.450 e. The van der Waals surface area contributed by atoms with Crippen LogP contribution in [0.2, 0.25) is 0 Å². The van der Waals surface area contributed by atoms with Gasteiger partial charge in [0, 0.05) is 40.0 Å². The number of hydrogen-bond acceptors (Lipinski definition) is 5. The number of Topliss-reactive ketones (excluding diaryl/α,β-unsaturated/α-hetero) is 1. The summed E-state index contributed by atoms with van der Waals surface area (Å²) >= 11 is 0. The molecular weight excluding hydrogens is 571 g/mol. The van der Waals surface area contributed by atoms with Crippen LogP contribution in [-0.4, -0.2) is 22.5 Å². The van der Waals surface area contributed by atoms with Crippen LogP contribution >= 0.6 is 0 Å². The topological polar surface area (TPSA) is 126 Å². The molecule has 11 heteroatoms. The van der Waals surface area contributed by atoms with E-state index in [9.17, 15) is 22.8 Å². The van der Waals surface area contributed by atoms with E-state index >= 15 is 0 Å². The number of aromatic nitrogens is 1. The van der Waals surface area contributed by atoms with Crippen LogP contribution in [0.15, 0.2) is 75.8 Å². The molecule has 0 unspecified atom stereocenters. The average Bonchev–Trinajstić information content (AvgIpc) is 3.68. The van der Waals surface area contributed by atoms with Crippen molar-refractivity contribution >= 4 is 51.9 Å². The van der Waals surface area contributed by atoms with Crippen LogP contribution in [0, 0.1) is 6.92 Å². The fourth-order valence-electron chi connectivity index (χ4n) is 4.85. The summed E-state index contributed by atoms with van der Waals surface area (Å²) in [5.74, 6) is -1.75. The molecule has 0 aliphatic carbocycles. The Morgan fingerprint density at radius 2 is 1.82 bits per heavy atom. The van der Waals surface area contributed by atoms with Crippen LogP contribution < -0.4 is 16.4 Å². The molecule has 1 amide bonds. The number of alkyl halides is 3. The highest BCUT2D eigenvalue weighted by Crippen LogP contribution is 2.37. The minimum absolute atomic E-state index is 0.0756. The maximum absolute atomic E-state index is 13.6. The first-order valence-corrected chi connectivity index (χ1v) is 13.8. The van der Waals surface area contributed by atoms with Crippen LogP contribution in [-0.2, 0) is 11.0 Å². The number of anilines is 3. The molecule has 2 aromatic heterocycles. The number of carbonyl (C=O) groups is 2. The van der Waals surface area contributed by atoms with Gasteiger partial charge in [0.1, 0.15) is 11.6 Å². The van der Waals surface area contributed by atoms with E-state index < -0.39 is 11.9 Å². The van der Waals surface area contributed by atoms with E-state index in [1.54, 1.807) is 36.5 Å². The first-order chi connectivity index (χ1) is 20.8. The summed E-state index contributed by atoms with van der Waals surface area (Å²) in [7, 11) is 0. The lowest BCUT2D eigenvalue weighted by Gasteiger charge is -2.13. The molecule has 8 nitrogen and oxygen atoms in total. The number of nitrogens with zero attached hydrogens (tertiary/aromatic N) is 1. The van der Waals surface area contributed by atoms with Crippen molar-refractivity contribution in [2.24, 2.45) is 10.7 Å². The number of ketones is 1. The van der Waals surface area contributed by atoms with Crippen LogP contribution in [0.4, 0.5) is 30.2 Å². The fourth-order valence-corrected chi connectivity index (χ4v) is 4.85. The van der Waals surface area contributed by atoms with Crippen molar-refractivity contribution in [2.45, 2.75) is 40.3 Å². The highest BCUT2D eigenvalue weighted by atomic mass is 19.4. The van der Waals surface area contributed by atoms with Gasteiger partial charge < -0.3 is 25.8 Å². The van der Waals surface area contributed by atoms with Crippen molar-refractivity contribution in [3.63, 3.8) is 0 Å². The van der Waals surface area contributed by atoms with E-state index in [1.807, 2.05) is 38.1 Å². The molecule has 0 fully saturated rings. The molecule has 0 saturated carbocycles. The number of furan rings is 1. The van der Waals surface area contributed by atoms with Gasteiger partial charge in [-0.3, -0.25) is 9.59 Å². The van der Waals surface area contributed by atoms with Crippen LogP contribution in [0.3, 0.4) is 0 Å². The number of halogens is 3. The lowest BCUT2D eigenvalue weighted by Crippen LogP contribution is -2.18. The number of allylic oxidation sites excluding steroid dienone is 1. The summed E-state index contributed by atoms with van der Waals surface area (Å²) in [5, 5.41) is 6.19. The van der Waals surface area contributed by atoms with Gasteiger partial charge in [0.15, 0.2) is 5.78 Å². The standard InChI is InChI=1S/C33H30F3N5O3/c1-5-17(2)29(41-31(37)27-11-18(3)44-30(27)33(34,35)36)20-7-6-8-22(12-20)39-23-9-10-25-26(32(43)40-28(25)15-23)14-24-13-21(16-38-24)19(4)42/h6-16,38-39H,5H2,1-4H3,(H2,37,41)(H,40,43)/b26-14-,29-17+. The number of aromatic amines is 1. The first kappa shape index (κ1) is 30.1. The molecule has 0 radical (unpaired) electrons. The Balaban J connectivity index is 1.42. The highest BCUT2D eigenvalue weighted by Gasteiger charge is 2.39. The molecule has 0 atom stereocenters. The molecule has 5 N–H and O–H groups in total. The largest absolute Gasteiger partial charge is 0.456 e. The SMILES string of the molecule is CC/C(C)=C(/N=C(N)c1cc(C)oc1C(F)(F)F)c1cccc(Nc2ccc3c(c2)NC(=O)/C3=C\c2cc(C(C)=O)c[nH]2)c1. The molecule has 3 heterocycles. The third kappa shape index (κ3) is 6.22. The van der Waals surface area contributed by atoms with Crippen molar-refractivity contribution in [1.82, 2.24) is 4.98 Å². The maximum Gasteiger partial charge on any atom is 0.450 e. The van der Waals surface area contributed by atoms with Crippen LogP contribution in [0.25, 0.3) is 17.3 Å². The Labute approximate surface area is 251 Å². The molecule has 1 aliphatic heterocycles. The second-order valence-electron chi connectivity index (χ2n) is 10.5. The Kier molecular flexibility index (Phi) is 8.05. The number of nitrogens with two attached hydrogens (primary N) is 1. The molecule has 0 bridgehead atoms. The van der Waals surface area contributed by atoms with Crippen LogP contribution in [0.1, 0.15) is 71.5 Å². The molecule has 0 spiro atoms. The Bertz CT molecular complexity index is 1870. The van der Waals surface area contributed by atoms with E-state index in [0.717, 1.165) is 11.1 Å². The minimum atomic E-state index is -4.72. The van der Waals surface area contributed by atoms with Gasteiger partial charge in [-0.25, -0.2) is 4.99 Å². The van der Waals surface area contributed by atoms with Crippen molar-refractivity contribution in [3.05, 3.63) is 106 Å². The van der Waals surface area contributed by atoms with Gasteiger partial charge >= 0.3 is 6.18 Å². The number of rotatable bonds is 8. The van der Waals surface area contributed by atoms with E-state index in [2.05, 4.69) is 20.6 Å². The molecule has 44 heavy (non-hydrogen) atoms. The van der Waals surface area contributed by atoms with Crippen molar-refractivity contribution < 1.29 is 27.2 Å². The summed E-state index contributed by atoms with van der Waals surface area (Å²) in [6.45, 7) is 6.66. The number of hydrogen-bond donors (Lipinski definition) is 4. The average molecular weight is 602 g/mol. The van der Waals surface area contributed by atoms with E-state index in [0.29, 0.717) is 51.6 Å². The normalized spacial score (nSPS) is 14.8. The molecule has 226 valence electrons. The number of amides is 1. The second-order valence-corrected chi connectivity index (χ2v) is 10.5. The zero-order chi connectivity index (χ0) is 31.8. The van der Waals surface area contributed by atoms with E-state index in [-0.39, 0.29) is 28.8 Å². The summed E-state index contributed by atoms with van der Waals surface area (Å²) < 4.78 is 45.6. The Morgan fingerprint density at radius 1 is 1.07 bits per heavy atom. The third-order valence-corrected chi connectivity index (χ3v) is 7.19. The quantitative estimate of drug-likeness (QED) is 0.0707. The predicted octanol–water partition coefficient (Wildman–Crippen LogP) is 7.92. The first-order valence-electron chi connectivity index (χ1n) is 13.8. The number of aryl methyl sites for hydroxylation is 1. The third-order valence-electron chi connectivity index (χ3n) is 7.19.